The summed E-state index contributed by atoms with van der Waals surface area (Å²) < 4.78 is 0.516. The molecule has 1 amide bonds. The van der Waals surface area contributed by atoms with Crippen LogP contribution in [0, 0.1) is 0 Å². The number of halogens is 1. The average Bonchev–Trinajstić information content (AvgIpc) is 3.00. The highest BCUT2D eigenvalue weighted by molar-refractivity contribution is 8.26. The number of phenolic OH excluding ortho intramolecular Hbond substituents is 1. The molecule has 1 fully saturated rings. The lowest BCUT2D eigenvalue weighted by molar-refractivity contribution is -0.122. The molecule has 0 aliphatic carbocycles. The molecule has 0 radical (unpaired) electrons. The molecule has 1 saturated heterocycles. The molecule has 0 saturated carbocycles. The number of benzene rings is 3. The molecule has 3 nitrogen and oxygen atoms in total. The third-order valence-corrected chi connectivity index (χ3v) is 6.53. The molecule has 0 atom stereocenters. The fourth-order valence-electron chi connectivity index (χ4n) is 3.23. The van der Waals surface area contributed by atoms with Gasteiger partial charge in [-0.05, 0) is 47.4 Å². The predicted molar refractivity (Wildman–Crippen MR) is 128 cm³/mol. The minimum atomic E-state index is -0.148. The van der Waals surface area contributed by atoms with E-state index in [1.54, 1.807) is 17.0 Å². The number of carbonyl (C=O) groups is 1. The maximum Gasteiger partial charge on any atom is 0.266 e. The van der Waals surface area contributed by atoms with Crippen molar-refractivity contribution in [2.45, 2.75) is 13.0 Å². The molecule has 1 heterocycles. The van der Waals surface area contributed by atoms with Gasteiger partial charge in [-0.1, -0.05) is 90.2 Å². The van der Waals surface area contributed by atoms with Gasteiger partial charge in [0.15, 0.2) is 0 Å². The SMILES string of the molecule is O=C1/C(=C\c2cc(Cc3ccccc3Cl)ccc2O)SC(=S)N1Cc1ccccc1. The topological polar surface area (TPSA) is 40.5 Å². The van der Waals surface area contributed by atoms with Crippen LogP contribution in [-0.2, 0) is 17.8 Å². The summed E-state index contributed by atoms with van der Waals surface area (Å²) in [5.74, 6) is -0.0315. The largest absolute Gasteiger partial charge is 0.507 e. The average molecular weight is 452 g/mol. The first kappa shape index (κ1) is 20.7. The van der Waals surface area contributed by atoms with E-state index in [1.807, 2.05) is 66.7 Å². The maximum atomic E-state index is 12.9. The second-order valence-electron chi connectivity index (χ2n) is 6.91. The maximum absolute atomic E-state index is 12.9. The van der Waals surface area contributed by atoms with E-state index in [0.717, 1.165) is 16.7 Å². The molecule has 1 N–H and O–H groups in total. The fourth-order valence-corrected chi connectivity index (χ4v) is 4.68. The predicted octanol–water partition coefficient (Wildman–Crippen LogP) is 6.04. The van der Waals surface area contributed by atoms with Crippen LogP contribution in [0.3, 0.4) is 0 Å². The van der Waals surface area contributed by atoms with E-state index in [2.05, 4.69) is 0 Å². The molecule has 1 aliphatic heterocycles. The molecule has 0 spiro atoms. The number of thioether (sulfide) groups is 1. The number of carbonyl (C=O) groups excluding carboxylic acids is 1. The summed E-state index contributed by atoms with van der Waals surface area (Å²) in [6.07, 6.45) is 2.34. The van der Waals surface area contributed by atoms with Crippen molar-refractivity contribution in [2.75, 3.05) is 0 Å². The van der Waals surface area contributed by atoms with Gasteiger partial charge in [0.2, 0.25) is 0 Å². The number of nitrogens with zero attached hydrogens (tertiary/aromatic N) is 1. The molecular formula is C24H18ClNO2S2. The van der Waals surface area contributed by atoms with Gasteiger partial charge >= 0.3 is 0 Å². The van der Waals surface area contributed by atoms with E-state index >= 15 is 0 Å². The highest BCUT2D eigenvalue weighted by atomic mass is 35.5. The summed E-state index contributed by atoms with van der Waals surface area (Å²) >= 11 is 12.9. The van der Waals surface area contributed by atoms with Gasteiger partial charge in [0.1, 0.15) is 10.1 Å². The van der Waals surface area contributed by atoms with Crippen molar-refractivity contribution in [1.82, 2.24) is 4.90 Å². The first-order valence-electron chi connectivity index (χ1n) is 9.36. The lowest BCUT2D eigenvalue weighted by Crippen LogP contribution is -2.27. The van der Waals surface area contributed by atoms with Crippen LogP contribution >= 0.6 is 35.6 Å². The zero-order valence-electron chi connectivity index (χ0n) is 15.9. The monoisotopic (exact) mass is 451 g/mol. The van der Waals surface area contributed by atoms with Crippen molar-refractivity contribution in [3.05, 3.63) is 105 Å². The van der Waals surface area contributed by atoms with Crippen LogP contribution < -0.4 is 0 Å². The first-order valence-corrected chi connectivity index (χ1v) is 11.0. The van der Waals surface area contributed by atoms with Gasteiger partial charge in [0.25, 0.3) is 5.91 Å². The van der Waals surface area contributed by atoms with Crippen molar-refractivity contribution >= 4 is 51.9 Å². The second-order valence-corrected chi connectivity index (χ2v) is 9.00. The lowest BCUT2D eigenvalue weighted by atomic mass is 10.0. The second kappa shape index (κ2) is 9.04. The molecule has 3 aromatic carbocycles. The Morgan fingerprint density at radius 2 is 1.73 bits per heavy atom. The Morgan fingerprint density at radius 1 is 1.00 bits per heavy atom. The van der Waals surface area contributed by atoms with E-state index in [1.165, 1.54) is 11.8 Å². The Hall–Kier alpha value is -2.60. The Morgan fingerprint density at radius 3 is 2.50 bits per heavy atom. The molecular weight excluding hydrogens is 434 g/mol. The standard InChI is InChI=1S/C24H18ClNO2S2/c25-20-9-5-4-8-18(20)12-17-10-11-21(27)19(13-17)14-22-23(28)26(24(29)30-22)15-16-6-2-1-3-7-16/h1-11,13-14,27H,12,15H2/b22-14+. The number of rotatable bonds is 5. The van der Waals surface area contributed by atoms with Crippen LogP contribution in [-0.4, -0.2) is 20.2 Å². The summed E-state index contributed by atoms with van der Waals surface area (Å²) in [4.78, 5) is 15.0. The number of phenols is 1. The molecule has 1 aliphatic rings. The number of hydrogen-bond acceptors (Lipinski definition) is 4. The number of aromatic hydroxyl groups is 1. The van der Waals surface area contributed by atoms with E-state index in [0.29, 0.717) is 32.8 Å². The van der Waals surface area contributed by atoms with Crippen LogP contribution in [0.2, 0.25) is 5.02 Å². The van der Waals surface area contributed by atoms with Gasteiger partial charge in [-0.3, -0.25) is 9.69 Å². The Kier molecular flexibility index (Phi) is 6.23. The summed E-state index contributed by atoms with van der Waals surface area (Å²) in [6, 6.07) is 22.8. The van der Waals surface area contributed by atoms with Crippen molar-refractivity contribution < 1.29 is 9.90 Å². The van der Waals surface area contributed by atoms with E-state index in [-0.39, 0.29) is 11.7 Å². The van der Waals surface area contributed by atoms with Crippen molar-refractivity contribution in [3.63, 3.8) is 0 Å². The van der Waals surface area contributed by atoms with Crippen LogP contribution in [0.15, 0.2) is 77.7 Å². The Bertz CT molecular complexity index is 1140. The van der Waals surface area contributed by atoms with E-state index in [9.17, 15) is 9.90 Å². The zero-order chi connectivity index (χ0) is 21.1. The lowest BCUT2D eigenvalue weighted by Gasteiger charge is -2.14. The van der Waals surface area contributed by atoms with Gasteiger partial charge in [0, 0.05) is 10.6 Å². The van der Waals surface area contributed by atoms with E-state index in [4.69, 9.17) is 23.8 Å². The first-order chi connectivity index (χ1) is 14.5. The highest BCUT2D eigenvalue weighted by Crippen LogP contribution is 2.35. The molecule has 0 aromatic heterocycles. The van der Waals surface area contributed by atoms with Crippen molar-refractivity contribution in [1.29, 1.82) is 0 Å². The molecule has 150 valence electrons. The van der Waals surface area contributed by atoms with Gasteiger partial charge in [-0.25, -0.2) is 0 Å². The minimum absolute atomic E-state index is 0.117. The Labute approximate surface area is 190 Å². The smallest absolute Gasteiger partial charge is 0.266 e. The van der Waals surface area contributed by atoms with Gasteiger partial charge in [-0.2, -0.15) is 0 Å². The summed E-state index contributed by atoms with van der Waals surface area (Å²) in [6.45, 7) is 0.432. The highest BCUT2D eigenvalue weighted by Gasteiger charge is 2.32. The molecule has 0 bridgehead atoms. The number of hydrogen-bond donors (Lipinski definition) is 1. The molecule has 6 heteroatoms. The quantitative estimate of drug-likeness (QED) is 0.379. The van der Waals surface area contributed by atoms with Crippen LogP contribution in [0.4, 0.5) is 0 Å². The summed E-state index contributed by atoms with van der Waals surface area (Å²) in [7, 11) is 0. The van der Waals surface area contributed by atoms with Crippen LogP contribution in [0.1, 0.15) is 22.3 Å². The van der Waals surface area contributed by atoms with Crippen molar-refractivity contribution in [2.24, 2.45) is 0 Å². The van der Waals surface area contributed by atoms with Crippen LogP contribution in [0.25, 0.3) is 6.08 Å². The third-order valence-electron chi connectivity index (χ3n) is 4.79. The molecule has 3 aromatic rings. The van der Waals surface area contributed by atoms with Gasteiger partial charge in [0.05, 0.1) is 11.4 Å². The number of thiocarbonyl (C=S) groups is 1. The van der Waals surface area contributed by atoms with Crippen LogP contribution in [0.5, 0.6) is 5.75 Å². The van der Waals surface area contributed by atoms with Crippen molar-refractivity contribution in [3.8, 4) is 5.75 Å². The Balaban J connectivity index is 1.57. The minimum Gasteiger partial charge on any atom is -0.507 e. The fraction of sp³-hybridized carbons (Fsp3) is 0.0833. The zero-order valence-corrected chi connectivity index (χ0v) is 18.3. The third kappa shape index (κ3) is 4.59. The van der Waals surface area contributed by atoms with Gasteiger partial charge < -0.3 is 5.11 Å². The summed E-state index contributed by atoms with van der Waals surface area (Å²) in [5, 5.41) is 11.0. The molecule has 4 rings (SSSR count). The normalized spacial score (nSPS) is 15.2. The van der Waals surface area contributed by atoms with Gasteiger partial charge in [-0.15, -0.1) is 0 Å². The van der Waals surface area contributed by atoms with E-state index < -0.39 is 0 Å². The molecule has 0 unspecified atom stereocenters. The summed E-state index contributed by atoms with van der Waals surface area (Å²) in [5.41, 5.74) is 3.59. The number of amides is 1. The molecule has 30 heavy (non-hydrogen) atoms.